The number of nitrogens with one attached hydrogen (secondary N) is 1. The van der Waals surface area contributed by atoms with Gasteiger partial charge in [0.15, 0.2) is 0 Å². The monoisotopic (exact) mass is 135 g/mol. The highest BCUT2D eigenvalue weighted by atomic mass is 15.0. The quantitative estimate of drug-likeness (QED) is 0.519. The zero-order valence-corrected chi connectivity index (χ0v) is 6.09. The number of hydrogen-bond acceptors (Lipinski definition) is 1. The van der Waals surface area contributed by atoms with E-state index in [1.807, 2.05) is 0 Å². The zero-order chi connectivity index (χ0) is 6.29. The molecule has 3 saturated carbocycles. The highest BCUT2D eigenvalue weighted by Crippen LogP contribution is 2.69. The minimum atomic E-state index is 0.986. The Morgan fingerprint density at radius 1 is 1.00 bits per heavy atom. The summed E-state index contributed by atoms with van der Waals surface area (Å²) in [5, 5.41) is 3.70. The Balaban J connectivity index is 1.93. The molecule has 1 heteroatoms. The van der Waals surface area contributed by atoms with Gasteiger partial charge in [-0.3, -0.25) is 0 Å². The predicted octanol–water partition coefficient (Wildman–Crippen LogP) is 0.860. The van der Waals surface area contributed by atoms with Crippen molar-refractivity contribution in [3.8, 4) is 0 Å². The molecule has 1 nitrogen and oxygen atoms in total. The van der Waals surface area contributed by atoms with Crippen LogP contribution in [0.15, 0.2) is 0 Å². The van der Waals surface area contributed by atoms with E-state index in [-0.39, 0.29) is 0 Å². The van der Waals surface area contributed by atoms with Gasteiger partial charge >= 0.3 is 0 Å². The summed E-state index contributed by atoms with van der Waals surface area (Å²) in [5.41, 5.74) is 0. The van der Waals surface area contributed by atoms with Crippen LogP contribution >= 0.6 is 0 Å². The first-order chi connectivity index (χ1) is 4.95. The van der Waals surface area contributed by atoms with Gasteiger partial charge in [-0.15, -0.1) is 0 Å². The minimum Gasteiger partial charge on any atom is -0.313 e. The Labute approximate surface area is 61.2 Å². The fourth-order valence-corrected chi connectivity index (χ4v) is 4.52. The van der Waals surface area contributed by atoms with Gasteiger partial charge in [-0.25, -0.2) is 0 Å². The fourth-order valence-electron chi connectivity index (χ4n) is 4.52. The molecule has 54 valence electrons. The Morgan fingerprint density at radius 2 is 2.00 bits per heavy atom. The van der Waals surface area contributed by atoms with Crippen LogP contribution in [-0.2, 0) is 0 Å². The van der Waals surface area contributed by atoms with Gasteiger partial charge in [0.1, 0.15) is 0 Å². The molecule has 0 aromatic carbocycles. The lowest BCUT2D eigenvalue weighted by atomic mass is 9.65. The molecule has 10 heavy (non-hydrogen) atoms. The lowest BCUT2D eigenvalue weighted by Gasteiger charge is -2.45. The van der Waals surface area contributed by atoms with E-state index in [1.54, 1.807) is 12.8 Å². The number of fused-ring (bicyclic) bond motifs is 1. The van der Waals surface area contributed by atoms with E-state index in [9.17, 15) is 0 Å². The third-order valence-electron chi connectivity index (χ3n) is 4.74. The second-order valence-corrected chi connectivity index (χ2v) is 4.73. The topological polar surface area (TPSA) is 12.0 Å². The van der Waals surface area contributed by atoms with E-state index < -0.39 is 0 Å². The van der Waals surface area contributed by atoms with Crippen molar-refractivity contribution in [2.45, 2.75) is 18.9 Å². The Hall–Kier alpha value is -0.0400. The van der Waals surface area contributed by atoms with Crippen molar-refractivity contribution < 1.29 is 0 Å². The second-order valence-electron chi connectivity index (χ2n) is 4.73. The maximum Gasteiger partial charge on any atom is 0.0129 e. The minimum absolute atomic E-state index is 0.986. The van der Waals surface area contributed by atoms with Gasteiger partial charge in [-0.2, -0.15) is 0 Å². The lowest BCUT2D eigenvalue weighted by Crippen LogP contribution is -2.52. The molecule has 0 spiro atoms. The van der Waals surface area contributed by atoms with Gasteiger partial charge in [-0.05, 0) is 49.0 Å². The van der Waals surface area contributed by atoms with Crippen molar-refractivity contribution in [1.29, 1.82) is 0 Å². The first-order valence-electron chi connectivity index (χ1n) is 4.68. The van der Waals surface area contributed by atoms with Crippen molar-refractivity contribution in [1.82, 2.24) is 5.32 Å². The molecule has 0 radical (unpaired) electrons. The summed E-state index contributed by atoms with van der Waals surface area (Å²) in [6, 6.07) is 0.986. The van der Waals surface area contributed by atoms with E-state index in [0.29, 0.717) is 0 Å². The Kier molecular flexibility index (Phi) is 0.560. The van der Waals surface area contributed by atoms with Crippen molar-refractivity contribution in [2.75, 3.05) is 6.54 Å². The van der Waals surface area contributed by atoms with Gasteiger partial charge in [0.2, 0.25) is 0 Å². The molecule has 6 atom stereocenters. The highest BCUT2D eigenvalue weighted by molar-refractivity contribution is 5.19. The molecule has 2 heterocycles. The average Bonchev–Trinajstić information content (AvgIpc) is 2.40. The Bertz CT molecular complexity index is 181. The first kappa shape index (κ1) is 4.76. The van der Waals surface area contributed by atoms with Crippen LogP contribution in [0.2, 0.25) is 0 Å². The number of rotatable bonds is 0. The maximum absolute atomic E-state index is 3.70. The molecule has 5 rings (SSSR count). The van der Waals surface area contributed by atoms with E-state index in [0.717, 1.165) is 23.8 Å². The molecule has 0 amide bonds. The van der Waals surface area contributed by atoms with E-state index >= 15 is 0 Å². The van der Waals surface area contributed by atoms with Crippen molar-refractivity contribution in [3.63, 3.8) is 0 Å². The van der Waals surface area contributed by atoms with Crippen LogP contribution in [0.3, 0.4) is 0 Å². The SMILES string of the molecule is C1NC2C3CC1C1C3CC21. The van der Waals surface area contributed by atoms with Crippen LogP contribution in [0.25, 0.3) is 0 Å². The lowest BCUT2D eigenvalue weighted by molar-refractivity contribution is 0.0632. The van der Waals surface area contributed by atoms with Crippen LogP contribution in [-0.4, -0.2) is 12.6 Å². The van der Waals surface area contributed by atoms with Crippen LogP contribution in [0.4, 0.5) is 0 Å². The molecular formula is C9H13N. The maximum atomic E-state index is 3.70. The molecule has 2 saturated heterocycles. The molecule has 1 N–H and O–H groups in total. The van der Waals surface area contributed by atoms with Crippen molar-refractivity contribution >= 4 is 0 Å². The molecule has 0 aromatic rings. The van der Waals surface area contributed by atoms with Gasteiger partial charge in [0.05, 0.1) is 0 Å². The van der Waals surface area contributed by atoms with Gasteiger partial charge < -0.3 is 5.32 Å². The summed E-state index contributed by atoms with van der Waals surface area (Å²) >= 11 is 0. The first-order valence-corrected chi connectivity index (χ1v) is 4.68. The second kappa shape index (κ2) is 1.18. The van der Waals surface area contributed by atoms with Crippen LogP contribution in [0.1, 0.15) is 12.8 Å². The molecule has 6 bridgehead atoms. The van der Waals surface area contributed by atoms with Crippen LogP contribution in [0, 0.1) is 29.6 Å². The molecule has 5 fully saturated rings. The fraction of sp³-hybridized carbons (Fsp3) is 1.00. The smallest absolute Gasteiger partial charge is 0.0129 e. The molecule has 0 aromatic heterocycles. The van der Waals surface area contributed by atoms with E-state index in [1.165, 1.54) is 18.4 Å². The summed E-state index contributed by atoms with van der Waals surface area (Å²) in [5.74, 6) is 5.78. The average molecular weight is 135 g/mol. The third kappa shape index (κ3) is 0.282. The summed E-state index contributed by atoms with van der Waals surface area (Å²) in [6.45, 7) is 1.36. The van der Waals surface area contributed by atoms with Gasteiger partial charge in [0.25, 0.3) is 0 Å². The zero-order valence-electron chi connectivity index (χ0n) is 6.09. The Morgan fingerprint density at radius 3 is 2.60 bits per heavy atom. The standard InChI is InChI=1S/C9H13N/c1-4-3-10-9-6(1)5-2-7(9)8(4)5/h4-10H,1-3H2. The number of hydrogen-bond donors (Lipinski definition) is 1. The normalized spacial score (nSPS) is 74.4. The summed E-state index contributed by atoms with van der Waals surface area (Å²) in [7, 11) is 0. The molecule has 6 unspecified atom stereocenters. The highest BCUT2D eigenvalue weighted by Gasteiger charge is 2.68. The van der Waals surface area contributed by atoms with Crippen LogP contribution in [0.5, 0.6) is 0 Å². The van der Waals surface area contributed by atoms with Crippen LogP contribution < -0.4 is 5.32 Å². The summed E-state index contributed by atoms with van der Waals surface area (Å²) in [4.78, 5) is 0. The van der Waals surface area contributed by atoms with Gasteiger partial charge in [0, 0.05) is 6.04 Å². The third-order valence-corrected chi connectivity index (χ3v) is 4.74. The van der Waals surface area contributed by atoms with Crippen molar-refractivity contribution in [3.05, 3.63) is 0 Å². The molecular weight excluding hydrogens is 122 g/mol. The molecule has 2 aliphatic heterocycles. The number of piperidine rings is 2. The predicted molar refractivity (Wildman–Crippen MR) is 38.5 cm³/mol. The largest absolute Gasteiger partial charge is 0.313 e. The van der Waals surface area contributed by atoms with E-state index in [2.05, 4.69) is 5.32 Å². The molecule has 5 aliphatic rings. The molecule has 3 aliphatic carbocycles. The van der Waals surface area contributed by atoms with Gasteiger partial charge in [-0.1, -0.05) is 0 Å². The summed E-state index contributed by atoms with van der Waals surface area (Å²) < 4.78 is 0. The summed E-state index contributed by atoms with van der Waals surface area (Å²) in [6.07, 6.45) is 3.17. The van der Waals surface area contributed by atoms with Crippen molar-refractivity contribution in [2.24, 2.45) is 29.6 Å². The van der Waals surface area contributed by atoms with E-state index in [4.69, 9.17) is 0 Å².